The van der Waals surface area contributed by atoms with Crippen molar-refractivity contribution in [2.75, 3.05) is 50.6 Å². The van der Waals surface area contributed by atoms with Crippen molar-refractivity contribution in [3.63, 3.8) is 0 Å². The van der Waals surface area contributed by atoms with Crippen LogP contribution in [-0.2, 0) is 19.1 Å². The predicted octanol–water partition coefficient (Wildman–Crippen LogP) is 1.71. The van der Waals surface area contributed by atoms with Gasteiger partial charge in [-0.15, -0.1) is 0 Å². The largest absolute Gasteiger partial charge is 0.464 e. The standard InChI is InChI=1S/C17H25N3O5/c1-13(21)24-10-8-20(9-11-25-14(2)22)16-7-5-6-15(12-16)18-17(23)19(3)4/h5-7,12H,8-11H2,1-4H3,(H,18,23). The molecule has 0 saturated heterocycles. The summed E-state index contributed by atoms with van der Waals surface area (Å²) in [5.74, 6) is -0.709. The van der Waals surface area contributed by atoms with Crippen molar-refractivity contribution in [2.45, 2.75) is 13.8 Å². The van der Waals surface area contributed by atoms with Crippen molar-refractivity contribution in [3.05, 3.63) is 24.3 Å². The molecule has 0 fully saturated rings. The van der Waals surface area contributed by atoms with Crippen LogP contribution in [0.5, 0.6) is 0 Å². The lowest BCUT2D eigenvalue weighted by Gasteiger charge is -2.25. The van der Waals surface area contributed by atoms with Gasteiger partial charge in [0, 0.05) is 39.3 Å². The summed E-state index contributed by atoms with van der Waals surface area (Å²) in [4.78, 5) is 37.0. The minimum atomic E-state index is -0.355. The molecule has 2 amide bonds. The first-order valence-corrected chi connectivity index (χ1v) is 7.89. The molecule has 1 aromatic carbocycles. The first-order chi connectivity index (χ1) is 11.8. The Kier molecular flexibility index (Phi) is 8.25. The van der Waals surface area contributed by atoms with E-state index in [-0.39, 0.29) is 31.2 Å². The third-order valence-corrected chi connectivity index (χ3v) is 3.20. The zero-order valence-corrected chi connectivity index (χ0v) is 15.1. The fraction of sp³-hybridized carbons (Fsp3) is 0.471. The number of urea groups is 1. The Morgan fingerprint density at radius 3 is 2.04 bits per heavy atom. The molecule has 0 aliphatic carbocycles. The SMILES string of the molecule is CC(=O)OCCN(CCOC(C)=O)c1cccc(NC(=O)N(C)C)c1. The summed E-state index contributed by atoms with van der Waals surface area (Å²) in [5, 5.41) is 2.77. The molecule has 0 spiro atoms. The van der Waals surface area contributed by atoms with Crippen molar-refractivity contribution in [3.8, 4) is 0 Å². The summed E-state index contributed by atoms with van der Waals surface area (Å²) in [6.07, 6.45) is 0. The molecule has 8 heteroatoms. The lowest BCUT2D eigenvalue weighted by Crippen LogP contribution is -2.32. The maximum Gasteiger partial charge on any atom is 0.321 e. The van der Waals surface area contributed by atoms with E-state index in [1.165, 1.54) is 18.7 Å². The zero-order valence-electron chi connectivity index (χ0n) is 15.1. The number of hydrogen-bond donors (Lipinski definition) is 1. The average Bonchev–Trinajstić information content (AvgIpc) is 2.53. The lowest BCUT2D eigenvalue weighted by molar-refractivity contribution is -0.141. The molecule has 1 rings (SSSR count). The van der Waals surface area contributed by atoms with E-state index in [2.05, 4.69) is 5.32 Å². The first-order valence-electron chi connectivity index (χ1n) is 7.89. The maximum absolute atomic E-state index is 11.8. The molecule has 0 bridgehead atoms. The number of nitrogens with zero attached hydrogens (tertiary/aromatic N) is 2. The number of anilines is 2. The highest BCUT2D eigenvalue weighted by Gasteiger charge is 2.10. The summed E-state index contributed by atoms with van der Waals surface area (Å²) in [6.45, 7) is 3.99. The molecule has 0 unspecified atom stereocenters. The van der Waals surface area contributed by atoms with Crippen LogP contribution in [0.15, 0.2) is 24.3 Å². The number of hydrogen-bond acceptors (Lipinski definition) is 6. The zero-order chi connectivity index (χ0) is 18.8. The number of carbonyl (C=O) groups excluding carboxylic acids is 3. The Hall–Kier alpha value is -2.77. The van der Waals surface area contributed by atoms with E-state index in [1.807, 2.05) is 23.1 Å². The molecule has 25 heavy (non-hydrogen) atoms. The predicted molar refractivity (Wildman–Crippen MR) is 94.6 cm³/mol. The molecule has 0 aliphatic heterocycles. The Labute approximate surface area is 147 Å². The molecule has 0 saturated carbocycles. The molecular weight excluding hydrogens is 326 g/mol. The van der Waals surface area contributed by atoms with Gasteiger partial charge in [-0.05, 0) is 18.2 Å². The monoisotopic (exact) mass is 351 g/mol. The summed E-state index contributed by atoms with van der Waals surface area (Å²) in [5.41, 5.74) is 1.46. The van der Waals surface area contributed by atoms with Gasteiger partial charge in [-0.3, -0.25) is 9.59 Å². The van der Waals surface area contributed by atoms with E-state index in [9.17, 15) is 14.4 Å². The van der Waals surface area contributed by atoms with Crippen LogP contribution in [0, 0.1) is 0 Å². The van der Waals surface area contributed by atoms with Gasteiger partial charge in [-0.2, -0.15) is 0 Å². The van der Waals surface area contributed by atoms with Crippen LogP contribution in [0.1, 0.15) is 13.8 Å². The fourth-order valence-electron chi connectivity index (χ4n) is 1.98. The van der Waals surface area contributed by atoms with Gasteiger partial charge in [0.2, 0.25) is 0 Å². The third-order valence-electron chi connectivity index (χ3n) is 3.20. The molecule has 8 nitrogen and oxygen atoms in total. The van der Waals surface area contributed by atoms with Crippen LogP contribution < -0.4 is 10.2 Å². The van der Waals surface area contributed by atoms with E-state index < -0.39 is 0 Å². The van der Waals surface area contributed by atoms with Crippen LogP contribution in [0.25, 0.3) is 0 Å². The third kappa shape index (κ3) is 8.05. The first kappa shape index (κ1) is 20.3. The molecule has 0 atom stereocenters. The highest BCUT2D eigenvalue weighted by molar-refractivity contribution is 5.89. The second-order valence-corrected chi connectivity index (χ2v) is 5.54. The molecule has 138 valence electrons. The quantitative estimate of drug-likeness (QED) is 0.718. The molecule has 1 N–H and O–H groups in total. The van der Waals surface area contributed by atoms with Crippen LogP contribution in [-0.4, -0.2) is 63.3 Å². The molecule has 0 aromatic heterocycles. The molecule has 0 aliphatic rings. The number of carbonyl (C=O) groups is 3. The summed E-state index contributed by atoms with van der Waals surface area (Å²) in [6, 6.07) is 7.03. The second kappa shape index (κ2) is 10.2. The van der Waals surface area contributed by atoms with Gasteiger partial charge in [0.15, 0.2) is 0 Å². The number of rotatable bonds is 8. The van der Waals surface area contributed by atoms with Gasteiger partial charge in [0.25, 0.3) is 0 Å². The summed E-state index contributed by atoms with van der Waals surface area (Å²) >= 11 is 0. The van der Waals surface area contributed by atoms with Gasteiger partial charge < -0.3 is 24.6 Å². The number of amides is 2. The summed E-state index contributed by atoms with van der Waals surface area (Å²) in [7, 11) is 3.31. The smallest absolute Gasteiger partial charge is 0.321 e. The summed E-state index contributed by atoms with van der Waals surface area (Å²) < 4.78 is 9.97. The highest BCUT2D eigenvalue weighted by Crippen LogP contribution is 2.19. The van der Waals surface area contributed by atoms with Crippen LogP contribution >= 0.6 is 0 Å². The van der Waals surface area contributed by atoms with Gasteiger partial charge in [0.05, 0.1) is 13.1 Å². The van der Waals surface area contributed by atoms with Gasteiger partial charge in [-0.25, -0.2) is 4.79 Å². The minimum Gasteiger partial charge on any atom is -0.464 e. The number of benzene rings is 1. The fourth-order valence-corrected chi connectivity index (χ4v) is 1.98. The maximum atomic E-state index is 11.8. The van der Waals surface area contributed by atoms with Crippen molar-refractivity contribution in [2.24, 2.45) is 0 Å². The van der Waals surface area contributed by atoms with Crippen molar-refractivity contribution in [1.82, 2.24) is 4.90 Å². The Bertz CT molecular complexity index is 584. The van der Waals surface area contributed by atoms with Crippen molar-refractivity contribution >= 4 is 29.3 Å². The second-order valence-electron chi connectivity index (χ2n) is 5.54. The van der Waals surface area contributed by atoms with Crippen molar-refractivity contribution in [1.29, 1.82) is 0 Å². The Morgan fingerprint density at radius 1 is 1.00 bits per heavy atom. The Morgan fingerprint density at radius 2 is 1.56 bits per heavy atom. The molecule has 0 heterocycles. The van der Waals surface area contributed by atoms with E-state index in [4.69, 9.17) is 9.47 Å². The topological polar surface area (TPSA) is 88.2 Å². The van der Waals surface area contributed by atoms with Gasteiger partial charge >= 0.3 is 18.0 Å². The van der Waals surface area contributed by atoms with E-state index >= 15 is 0 Å². The van der Waals surface area contributed by atoms with E-state index in [0.29, 0.717) is 18.8 Å². The van der Waals surface area contributed by atoms with Gasteiger partial charge in [0.1, 0.15) is 13.2 Å². The molecule has 0 radical (unpaired) electrons. The van der Waals surface area contributed by atoms with E-state index in [0.717, 1.165) is 5.69 Å². The Balaban J connectivity index is 2.81. The highest BCUT2D eigenvalue weighted by atomic mass is 16.5. The lowest BCUT2D eigenvalue weighted by atomic mass is 10.2. The van der Waals surface area contributed by atoms with Crippen LogP contribution in [0.2, 0.25) is 0 Å². The van der Waals surface area contributed by atoms with Gasteiger partial charge in [-0.1, -0.05) is 6.07 Å². The van der Waals surface area contributed by atoms with Crippen LogP contribution in [0.4, 0.5) is 16.2 Å². The number of ether oxygens (including phenoxy) is 2. The molecule has 1 aromatic rings. The number of esters is 2. The van der Waals surface area contributed by atoms with E-state index in [1.54, 1.807) is 20.2 Å². The van der Waals surface area contributed by atoms with Crippen molar-refractivity contribution < 1.29 is 23.9 Å². The average molecular weight is 351 g/mol. The minimum absolute atomic E-state index is 0.212. The molecular formula is C17H25N3O5. The normalized spacial score (nSPS) is 9.92. The number of nitrogens with one attached hydrogen (secondary N) is 1. The van der Waals surface area contributed by atoms with Crippen LogP contribution in [0.3, 0.4) is 0 Å².